The molecule has 0 N–H and O–H groups in total. The van der Waals surface area contributed by atoms with Crippen molar-refractivity contribution in [2.75, 3.05) is 25.4 Å². The Hall–Kier alpha value is -1.51. The van der Waals surface area contributed by atoms with Crippen molar-refractivity contribution < 1.29 is 17.9 Å². The molecule has 0 aromatic carbocycles. The van der Waals surface area contributed by atoms with Crippen molar-refractivity contribution in [3.05, 3.63) is 30.1 Å². The number of carbonyl (C=O) groups is 1. The van der Waals surface area contributed by atoms with Gasteiger partial charge in [-0.3, -0.25) is 14.7 Å². The molecular formula is C19H31N3O4S. The Morgan fingerprint density at radius 2 is 1.96 bits per heavy atom. The summed E-state index contributed by atoms with van der Waals surface area (Å²) in [6.45, 7) is 8.87. The number of carbonyl (C=O) groups excluding carboxylic acids is 1. The van der Waals surface area contributed by atoms with E-state index in [4.69, 9.17) is 4.74 Å². The lowest BCUT2D eigenvalue weighted by Gasteiger charge is -2.37. The molecule has 27 heavy (non-hydrogen) atoms. The molecule has 0 amide bonds. The number of hydrogen-bond donors (Lipinski definition) is 0. The molecule has 1 aromatic heterocycles. The van der Waals surface area contributed by atoms with E-state index in [0.717, 1.165) is 5.69 Å². The van der Waals surface area contributed by atoms with Gasteiger partial charge in [0, 0.05) is 31.9 Å². The second-order valence-corrected chi connectivity index (χ2v) is 10.1. The first-order chi connectivity index (χ1) is 12.6. The first-order valence-electron chi connectivity index (χ1n) is 9.44. The Morgan fingerprint density at radius 3 is 2.48 bits per heavy atom. The van der Waals surface area contributed by atoms with Gasteiger partial charge < -0.3 is 4.74 Å². The molecule has 0 atom stereocenters. The van der Waals surface area contributed by atoms with Crippen LogP contribution in [0.2, 0.25) is 0 Å². The highest BCUT2D eigenvalue weighted by atomic mass is 32.2. The topological polar surface area (TPSA) is 79.8 Å². The van der Waals surface area contributed by atoms with E-state index in [1.165, 1.54) is 0 Å². The Labute approximate surface area is 162 Å². The summed E-state index contributed by atoms with van der Waals surface area (Å²) in [5, 5.41) is 0. The van der Waals surface area contributed by atoms with E-state index in [0.29, 0.717) is 32.5 Å². The van der Waals surface area contributed by atoms with E-state index in [2.05, 4.69) is 9.88 Å². The third kappa shape index (κ3) is 6.86. The molecule has 0 bridgehead atoms. The normalized spacial score (nSPS) is 17.2. The summed E-state index contributed by atoms with van der Waals surface area (Å²) in [6, 6.07) is 5.82. The number of ether oxygens (including phenoxy) is 1. The Balaban J connectivity index is 2.07. The van der Waals surface area contributed by atoms with E-state index >= 15 is 0 Å². The van der Waals surface area contributed by atoms with Crippen molar-refractivity contribution in [3.63, 3.8) is 0 Å². The van der Waals surface area contributed by atoms with Crippen LogP contribution in [0.3, 0.4) is 0 Å². The van der Waals surface area contributed by atoms with Crippen LogP contribution in [-0.2, 0) is 26.1 Å². The Kier molecular flexibility index (Phi) is 7.36. The molecule has 2 heterocycles. The molecule has 1 aromatic rings. The molecule has 1 aliphatic rings. The van der Waals surface area contributed by atoms with Crippen molar-refractivity contribution in [1.82, 2.24) is 14.2 Å². The van der Waals surface area contributed by atoms with Crippen LogP contribution in [-0.4, -0.2) is 65.6 Å². The predicted octanol–water partition coefficient (Wildman–Crippen LogP) is 2.04. The van der Waals surface area contributed by atoms with Gasteiger partial charge in [0.25, 0.3) is 0 Å². The summed E-state index contributed by atoms with van der Waals surface area (Å²) in [4.78, 5) is 18.8. The van der Waals surface area contributed by atoms with E-state index in [1.54, 1.807) is 17.4 Å². The minimum atomic E-state index is -3.17. The summed E-state index contributed by atoms with van der Waals surface area (Å²) >= 11 is 0. The quantitative estimate of drug-likeness (QED) is 0.655. The summed E-state index contributed by atoms with van der Waals surface area (Å²) in [6.07, 6.45) is 3.11. The molecule has 8 heteroatoms. The van der Waals surface area contributed by atoms with Crippen LogP contribution in [0.5, 0.6) is 0 Å². The van der Waals surface area contributed by atoms with Crippen molar-refractivity contribution in [2.24, 2.45) is 0 Å². The summed E-state index contributed by atoms with van der Waals surface area (Å²) in [5.41, 5.74) is 0.344. The molecule has 0 aliphatic carbocycles. The lowest BCUT2D eigenvalue weighted by Crippen LogP contribution is -2.48. The fourth-order valence-corrected chi connectivity index (χ4v) is 4.35. The summed E-state index contributed by atoms with van der Waals surface area (Å²) < 4.78 is 31.2. The third-order valence-corrected chi connectivity index (χ3v) is 6.42. The maximum atomic E-state index is 12.4. The maximum Gasteiger partial charge on any atom is 0.320 e. The fourth-order valence-electron chi connectivity index (χ4n) is 3.22. The lowest BCUT2D eigenvalue weighted by atomic mass is 10.0. The first kappa shape index (κ1) is 21.8. The van der Waals surface area contributed by atoms with Gasteiger partial charge in [-0.05, 0) is 52.7 Å². The number of piperidine rings is 1. The first-order valence-corrected chi connectivity index (χ1v) is 11.1. The molecule has 152 valence electrons. The number of sulfonamides is 1. The van der Waals surface area contributed by atoms with Crippen LogP contribution in [0.15, 0.2) is 24.4 Å². The van der Waals surface area contributed by atoms with Crippen LogP contribution in [0, 0.1) is 0 Å². The standard InChI is InChI=1S/C19H31N3O4S/c1-5-27(24,25)22-12-9-17(10-13-22)21(14-16-8-6-7-11-20-16)15-18(23)26-19(2,3)4/h6-8,11,17H,5,9-10,12-15H2,1-4H3. The summed E-state index contributed by atoms with van der Waals surface area (Å²) in [5.74, 6) is -0.158. The predicted molar refractivity (Wildman–Crippen MR) is 105 cm³/mol. The summed E-state index contributed by atoms with van der Waals surface area (Å²) in [7, 11) is -3.17. The Bertz CT molecular complexity index is 708. The van der Waals surface area contributed by atoms with Gasteiger partial charge in [-0.1, -0.05) is 6.07 Å². The lowest BCUT2D eigenvalue weighted by molar-refractivity contribution is -0.157. The van der Waals surface area contributed by atoms with Gasteiger partial charge in [0.15, 0.2) is 0 Å². The minimum Gasteiger partial charge on any atom is -0.459 e. The van der Waals surface area contributed by atoms with Gasteiger partial charge in [-0.25, -0.2) is 12.7 Å². The van der Waals surface area contributed by atoms with Crippen molar-refractivity contribution in [3.8, 4) is 0 Å². The van der Waals surface area contributed by atoms with Gasteiger partial charge in [0.05, 0.1) is 18.0 Å². The van der Waals surface area contributed by atoms with Gasteiger partial charge in [0.1, 0.15) is 5.60 Å². The highest BCUT2D eigenvalue weighted by molar-refractivity contribution is 7.89. The highest BCUT2D eigenvalue weighted by Gasteiger charge is 2.31. The number of esters is 1. The van der Waals surface area contributed by atoms with E-state index in [9.17, 15) is 13.2 Å². The van der Waals surface area contributed by atoms with Gasteiger partial charge >= 0.3 is 5.97 Å². The largest absolute Gasteiger partial charge is 0.459 e. The monoisotopic (exact) mass is 397 g/mol. The van der Waals surface area contributed by atoms with Gasteiger partial charge in [0.2, 0.25) is 10.0 Å². The Morgan fingerprint density at radius 1 is 1.30 bits per heavy atom. The second kappa shape index (κ2) is 9.12. The zero-order chi connectivity index (χ0) is 20.1. The van der Waals surface area contributed by atoms with E-state index < -0.39 is 15.6 Å². The number of hydrogen-bond acceptors (Lipinski definition) is 6. The molecule has 1 aliphatic heterocycles. The molecule has 0 spiro atoms. The average Bonchev–Trinajstić information content (AvgIpc) is 2.60. The molecule has 2 rings (SSSR count). The number of pyridine rings is 1. The third-order valence-electron chi connectivity index (χ3n) is 4.54. The molecule has 0 radical (unpaired) electrons. The second-order valence-electron chi connectivity index (χ2n) is 7.84. The zero-order valence-corrected chi connectivity index (χ0v) is 17.5. The number of nitrogens with zero attached hydrogens (tertiary/aromatic N) is 3. The SMILES string of the molecule is CCS(=O)(=O)N1CCC(N(CC(=O)OC(C)(C)C)Cc2ccccn2)CC1. The molecule has 0 unspecified atom stereocenters. The number of aromatic nitrogens is 1. The average molecular weight is 398 g/mol. The highest BCUT2D eigenvalue weighted by Crippen LogP contribution is 2.21. The zero-order valence-electron chi connectivity index (χ0n) is 16.7. The minimum absolute atomic E-state index is 0.114. The van der Waals surface area contributed by atoms with Crippen LogP contribution < -0.4 is 0 Å². The van der Waals surface area contributed by atoms with E-state index in [-0.39, 0.29) is 24.3 Å². The van der Waals surface area contributed by atoms with E-state index in [1.807, 2.05) is 39.0 Å². The van der Waals surface area contributed by atoms with Crippen LogP contribution in [0.25, 0.3) is 0 Å². The number of rotatable bonds is 7. The van der Waals surface area contributed by atoms with Crippen LogP contribution in [0.4, 0.5) is 0 Å². The molecular weight excluding hydrogens is 366 g/mol. The van der Waals surface area contributed by atoms with Crippen LogP contribution >= 0.6 is 0 Å². The fraction of sp³-hybridized carbons (Fsp3) is 0.684. The van der Waals surface area contributed by atoms with Crippen molar-refractivity contribution >= 4 is 16.0 Å². The maximum absolute atomic E-state index is 12.4. The molecule has 1 fully saturated rings. The van der Waals surface area contributed by atoms with Crippen molar-refractivity contribution in [1.29, 1.82) is 0 Å². The smallest absolute Gasteiger partial charge is 0.320 e. The van der Waals surface area contributed by atoms with Gasteiger partial charge in [-0.2, -0.15) is 0 Å². The van der Waals surface area contributed by atoms with Crippen LogP contribution in [0.1, 0.15) is 46.2 Å². The molecule has 7 nitrogen and oxygen atoms in total. The molecule has 1 saturated heterocycles. The molecule has 0 saturated carbocycles. The van der Waals surface area contributed by atoms with Crippen molar-refractivity contribution in [2.45, 2.75) is 58.7 Å². The van der Waals surface area contributed by atoms with Gasteiger partial charge in [-0.15, -0.1) is 0 Å².